The number of hydrogen-bond acceptors (Lipinski definition) is 8. The second-order valence-electron chi connectivity index (χ2n) is 7.36. The Morgan fingerprint density at radius 2 is 1.66 bits per heavy atom. The Bertz CT molecular complexity index is 812. The quantitative estimate of drug-likeness (QED) is 0.149. The number of aliphatic carboxylic acids is 2. The molecule has 1 heterocycles. The monoisotopic (exact) mass is 456 g/mol. The number of aliphatic hydroxyl groups is 1. The van der Waals surface area contributed by atoms with Crippen LogP contribution in [-0.2, 0) is 30.4 Å². The van der Waals surface area contributed by atoms with Crippen molar-refractivity contribution in [3.8, 4) is 0 Å². The van der Waals surface area contributed by atoms with E-state index in [0.29, 0.717) is 5.69 Å². The van der Waals surface area contributed by atoms with E-state index in [2.05, 4.69) is 25.9 Å². The molecule has 0 aliphatic carbocycles. The third-order valence-electron chi connectivity index (χ3n) is 4.39. The molecule has 178 valence electrons. The topological polar surface area (TPSA) is 237 Å². The summed E-state index contributed by atoms with van der Waals surface area (Å²) >= 11 is 0. The number of nitrogens with one attached hydrogen (secondary N) is 4. The second-order valence-corrected chi connectivity index (χ2v) is 7.36. The maximum atomic E-state index is 12.8. The van der Waals surface area contributed by atoms with Crippen LogP contribution in [0.15, 0.2) is 12.5 Å². The number of rotatable bonds is 13. The fourth-order valence-electron chi connectivity index (χ4n) is 2.62. The maximum Gasteiger partial charge on any atom is 0.328 e. The van der Waals surface area contributed by atoms with E-state index in [4.69, 9.17) is 21.1 Å². The summed E-state index contributed by atoms with van der Waals surface area (Å²) in [6, 6.07) is -5.40. The molecule has 0 aliphatic rings. The highest BCUT2D eigenvalue weighted by molar-refractivity contribution is 5.95. The molecule has 0 aliphatic heterocycles. The zero-order valence-corrected chi connectivity index (χ0v) is 17.6. The van der Waals surface area contributed by atoms with Gasteiger partial charge in [0.15, 0.2) is 0 Å². The number of aliphatic hydroxyl groups excluding tert-OH is 1. The molecule has 14 heteroatoms. The van der Waals surface area contributed by atoms with Gasteiger partial charge in [-0.1, -0.05) is 13.8 Å². The largest absolute Gasteiger partial charge is 0.481 e. The molecule has 0 bridgehead atoms. The van der Waals surface area contributed by atoms with Crippen molar-refractivity contribution in [2.24, 2.45) is 11.7 Å². The number of imidazole rings is 1. The minimum absolute atomic E-state index is 0.0906. The highest BCUT2D eigenvalue weighted by Crippen LogP contribution is 2.06. The van der Waals surface area contributed by atoms with Crippen LogP contribution in [-0.4, -0.2) is 85.7 Å². The molecule has 9 N–H and O–H groups in total. The zero-order chi connectivity index (χ0) is 24.4. The SMILES string of the molecule is CC(C)C(NC(=O)C(N)CC(=O)O)C(=O)NC(Cc1cnc[nH]1)C(=O)NC(CO)C(=O)O. The summed E-state index contributed by atoms with van der Waals surface area (Å²) in [6.45, 7) is 2.37. The van der Waals surface area contributed by atoms with E-state index in [1.54, 1.807) is 13.8 Å². The molecule has 0 saturated heterocycles. The van der Waals surface area contributed by atoms with Crippen LogP contribution in [0.3, 0.4) is 0 Å². The predicted molar refractivity (Wildman–Crippen MR) is 108 cm³/mol. The van der Waals surface area contributed by atoms with Crippen molar-refractivity contribution < 1.29 is 39.3 Å². The molecule has 32 heavy (non-hydrogen) atoms. The van der Waals surface area contributed by atoms with Gasteiger partial charge in [0.05, 0.1) is 25.4 Å². The number of carbonyl (C=O) groups is 5. The number of nitrogens with two attached hydrogens (primary N) is 1. The number of aromatic nitrogens is 2. The molecular formula is C18H28N6O8. The van der Waals surface area contributed by atoms with Crippen molar-refractivity contribution in [1.29, 1.82) is 0 Å². The molecule has 1 rings (SSSR count). The van der Waals surface area contributed by atoms with Gasteiger partial charge in [-0.3, -0.25) is 19.2 Å². The summed E-state index contributed by atoms with van der Waals surface area (Å²) in [5, 5.41) is 33.9. The molecule has 3 amide bonds. The minimum atomic E-state index is -1.58. The number of carbonyl (C=O) groups excluding carboxylic acids is 3. The highest BCUT2D eigenvalue weighted by atomic mass is 16.4. The Labute approximate surface area is 183 Å². The van der Waals surface area contributed by atoms with E-state index in [1.807, 2.05) is 0 Å². The Morgan fingerprint density at radius 3 is 2.12 bits per heavy atom. The molecule has 0 aromatic carbocycles. The number of aromatic amines is 1. The fraction of sp³-hybridized carbons (Fsp3) is 0.556. The van der Waals surface area contributed by atoms with Gasteiger partial charge in [-0.15, -0.1) is 0 Å². The fourth-order valence-corrected chi connectivity index (χ4v) is 2.62. The smallest absolute Gasteiger partial charge is 0.328 e. The van der Waals surface area contributed by atoms with Gasteiger partial charge in [-0.25, -0.2) is 9.78 Å². The van der Waals surface area contributed by atoms with E-state index in [-0.39, 0.29) is 6.42 Å². The normalized spacial score (nSPS) is 14.7. The number of carboxylic acid groups (broad SMARTS) is 2. The zero-order valence-electron chi connectivity index (χ0n) is 17.6. The molecule has 0 spiro atoms. The van der Waals surface area contributed by atoms with Gasteiger partial charge >= 0.3 is 11.9 Å². The third-order valence-corrected chi connectivity index (χ3v) is 4.39. The summed E-state index contributed by atoms with van der Waals surface area (Å²) in [5.74, 6) is -5.73. The van der Waals surface area contributed by atoms with Crippen molar-refractivity contribution in [2.75, 3.05) is 6.61 Å². The molecule has 1 aromatic heterocycles. The van der Waals surface area contributed by atoms with Crippen LogP contribution in [0.1, 0.15) is 26.0 Å². The Morgan fingerprint density at radius 1 is 1.03 bits per heavy atom. The number of H-pyrrole nitrogens is 1. The summed E-state index contributed by atoms with van der Waals surface area (Å²) in [7, 11) is 0. The van der Waals surface area contributed by atoms with Gasteiger partial charge in [0.1, 0.15) is 18.1 Å². The van der Waals surface area contributed by atoms with Crippen molar-refractivity contribution in [1.82, 2.24) is 25.9 Å². The van der Waals surface area contributed by atoms with Crippen LogP contribution in [0.2, 0.25) is 0 Å². The van der Waals surface area contributed by atoms with Crippen LogP contribution < -0.4 is 21.7 Å². The lowest BCUT2D eigenvalue weighted by atomic mass is 10.0. The first-order valence-corrected chi connectivity index (χ1v) is 9.65. The minimum Gasteiger partial charge on any atom is -0.481 e. The first kappa shape index (κ1) is 26.5. The van der Waals surface area contributed by atoms with Crippen LogP contribution in [0.25, 0.3) is 0 Å². The first-order valence-electron chi connectivity index (χ1n) is 9.65. The Balaban J connectivity index is 2.99. The Hall–Kier alpha value is -3.52. The van der Waals surface area contributed by atoms with Gasteiger partial charge in [-0.05, 0) is 5.92 Å². The lowest BCUT2D eigenvalue weighted by Gasteiger charge is -2.26. The lowest BCUT2D eigenvalue weighted by molar-refractivity contribution is -0.143. The van der Waals surface area contributed by atoms with E-state index in [1.165, 1.54) is 12.5 Å². The van der Waals surface area contributed by atoms with Crippen LogP contribution >= 0.6 is 0 Å². The van der Waals surface area contributed by atoms with Gasteiger partial charge in [0, 0.05) is 18.3 Å². The van der Waals surface area contributed by atoms with E-state index in [9.17, 15) is 24.0 Å². The lowest BCUT2D eigenvalue weighted by Crippen LogP contribution is -2.59. The summed E-state index contributed by atoms with van der Waals surface area (Å²) in [4.78, 5) is 66.0. The van der Waals surface area contributed by atoms with Gasteiger partial charge in [-0.2, -0.15) is 0 Å². The predicted octanol–water partition coefficient (Wildman–Crippen LogP) is -3.06. The van der Waals surface area contributed by atoms with Gasteiger partial charge < -0.3 is 42.0 Å². The summed E-state index contributed by atoms with van der Waals surface area (Å²) in [5.41, 5.74) is 5.98. The highest BCUT2D eigenvalue weighted by Gasteiger charge is 2.32. The molecule has 0 saturated carbocycles. The van der Waals surface area contributed by atoms with Crippen LogP contribution in [0.5, 0.6) is 0 Å². The van der Waals surface area contributed by atoms with E-state index < -0.39 is 72.8 Å². The average Bonchev–Trinajstić information content (AvgIpc) is 3.21. The van der Waals surface area contributed by atoms with Crippen molar-refractivity contribution >= 4 is 29.7 Å². The van der Waals surface area contributed by atoms with Crippen LogP contribution in [0.4, 0.5) is 0 Å². The molecule has 4 unspecified atom stereocenters. The van der Waals surface area contributed by atoms with Gasteiger partial charge in [0.25, 0.3) is 0 Å². The molecule has 4 atom stereocenters. The molecule has 0 fully saturated rings. The third kappa shape index (κ3) is 8.31. The van der Waals surface area contributed by atoms with Crippen LogP contribution in [0, 0.1) is 5.92 Å². The standard InChI is InChI=1S/C18H28N6O8/c1-8(2)14(24-15(28)10(19)4-13(26)27)17(30)22-11(3-9-5-20-7-21-9)16(29)23-12(6-25)18(31)32/h5,7-8,10-12,14,25H,3-4,6,19H2,1-2H3,(H,20,21)(H,22,30)(H,23,29)(H,24,28)(H,26,27)(H,31,32). The number of hydrogen-bond donors (Lipinski definition) is 8. The molecular weight excluding hydrogens is 428 g/mol. The average molecular weight is 456 g/mol. The Kier molecular flexibility index (Phi) is 10.2. The number of amides is 3. The molecule has 14 nitrogen and oxygen atoms in total. The first-order chi connectivity index (χ1) is 15.0. The molecule has 1 aromatic rings. The van der Waals surface area contributed by atoms with E-state index >= 15 is 0 Å². The van der Waals surface area contributed by atoms with Crippen molar-refractivity contribution in [2.45, 2.75) is 50.9 Å². The van der Waals surface area contributed by atoms with Crippen molar-refractivity contribution in [3.63, 3.8) is 0 Å². The number of carboxylic acids is 2. The van der Waals surface area contributed by atoms with Crippen molar-refractivity contribution in [3.05, 3.63) is 18.2 Å². The second kappa shape index (κ2) is 12.4. The summed E-state index contributed by atoms with van der Waals surface area (Å²) in [6.07, 6.45) is 2.02. The van der Waals surface area contributed by atoms with Gasteiger partial charge in [0.2, 0.25) is 17.7 Å². The maximum absolute atomic E-state index is 12.8. The van der Waals surface area contributed by atoms with E-state index in [0.717, 1.165) is 0 Å². The molecule has 0 radical (unpaired) electrons. The number of nitrogens with zero attached hydrogens (tertiary/aromatic N) is 1. The summed E-state index contributed by atoms with van der Waals surface area (Å²) < 4.78 is 0.